The fourth-order valence-corrected chi connectivity index (χ4v) is 2.24. The minimum absolute atomic E-state index is 1.10. The molecular formula is C15H22N3+. The van der Waals surface area contributed by atoms with E-state index in [9.17, 15) is 0 Å². The largest absolute Gasteiger partial charge is 0.377 e. The van der Waals surface area contributed by atoms with Crippen molar-refractivity contribution in [3.05, 3.63) is 42.0 Å². The topological polar surface area (TPSA) is 9.49 Å². The van der Waals surface area contributed by atoms with Crippen LogP contribution in [-0.2, 0) is 0 Å². The molecule has 96 valence electrons. The molecule has 0 fully saturated rings. The van der Waals surface area contributed by atoms with Crippen molar-refractivity contribution in [1.82, 2.24) is 9.80 Å². The molecule has 0 saturated carbocycles. The average Bonchev–Trinajstić information content (AvgIpc) is 2.67. The van der Waals surface area contributed by atoms with E-state index in [1.54, 1.807) is 0 Å². The van der Waals surface area contributed by atoms with Gasteiger partial charge in [-0.25, -0.2) is 0 Å². The maximum absolute atomic E-state index is 2.30. The highest BCUT2D eigenvalue weighted by molar-refractivity contribution is 5.96. The summed E-state index contributed by atoms with van der Waals surface area (Å²) in [5, 5.41) is 0. The molecule has 0 radical (unpaired) electrons. The second-order valence-electron chi connectivity index (χ2n) is 4.99. The van der Waals surface area contributed by atoms with Crippen LogP contribution >= 0.6 is 0 Å². The van der Waals surface area contributed by atoms with Gasteiger partial charge in [0.15, 0.2) is 0 Å². The van der Waals surface area contributed by atoms with E-state index in [0.29, 0.717) is 0 Å². The first-order chi connectivity index (χ1) is 8.59. The first-order valence-electron chi connectivity index (χ1n) is 6.33. The zero-order valence-electron chi connectivity index (χ0n) is 11.7. The second kappa shape index (κ2) is 5.25. The molecular weight excluding hydrogens is 222 g/mol. The Kier molecular flexibility index (Phi) is 3.70. The van der Waals surface area contributed by atoms with E-state index in [1.807, 2.05) is 0 Å². The van der Waals surface area contributed by atoms with Crippen LogP contribution in [0.4, 0.5) is 0 Å². The van der Waals surface area contributed by atoms with Crippen LogP contribution in [0, 0.1) is 0 Å². The summed E-state index contributed by atoms with van der Waals surface area (Å²) in [5.74, 6) is 1.28. The van der Waals surface area contributed by atoms with Gasteiger partial charge < -0.3 is 4.90 Å². The van der Waals surface area contributed by atoms with E-state index in [2.05, 4.69) is 79.0 Å². The lowest BCUT2D eigenvalue weighted by Gasteiger charge is -2.18. The van der Waals surface area contributed by atoms with Gasteiger partial charge >= 0.3 is 0 Å². The Morgan fingerprint density at radius 3 is 2.44 bits per heavy atom. The molecule has 1 aliphatic heterocycles. The number of benzene rings is 1. The molecule has 3 heteroatoms. The van der Waals surface area contributed by atoms with E-state index in [0.717, 1.165) is 13.1 Å². The lowest BCUT2D eigenvalue weighted by Crippen LogP contribution is -2.24. The van der Waals surface area contributed by atoms with E-state index in [1.165, 1.54) is 17.1 Å². The van der Waals surface area contributed by atoms with Crippen LogP contribution in [0.5, 0.6) is 0 Å². The molecule has 1 heterocycles. The van der Waals surface area contributed by atoms with Crippen molar-refractivity contribution in [1.29, 1.82) is 0 Å². The molecule has 0 saturated heterocycles. The first-order valence-corrected chi connectivity index (χ1v) is 6.33. The molecule has 1 aromatic carbocycles. The summed E-state index contributed by atoms with van der Waals surface area (Å²) < 4.78 is 2.30. The normalized spacial score (nSPS) is 16.4. The predicted molar refractivity (Wildman–Crippen MR) is 76.8 cm³/mol. The lowest BCUT2D eigenvalue weighted by molar-refractivity contribution is -0.485. The van der Waals surface area contributed by atoms with E-state index in [4.69, 9.17) is 0 Å². The predicted octanol–water partition coefficient (Wildman–Crippen LogP) is 1.58. The van der Waals surface area contributed by atoms with Gasteiger partial charge in [0, 0.05) is 14.1 Å². The molecule has 18 heavy (non-hydrogen) atoms. The summed E-state index contributed by atoms with van der Waals surface area (Å²) in [7, 11) is 8.48. The van der Waals surface area contributed by atoms with Gasteiger partial charge in [-0.1, -0.05) is 30.3 Å². The highest BCUT2D eigenvalue weighted by Crippen LogP contribution is 2.17. The molecule has 0 unspecified atom stereocenters. The molecule has 1 aromatic rings. The molecule has 0 aliphatic carbocycles. The van der Waals surface area contributed by atoms with E-state index in [-0.39, 0.29) is 0 Å². The summed E-state index contributed by atoms with van der Waals surface area (Å²) in [6.45, 7) is 2.19. The summed E-state index contributed by atoms with van der Waals surface area (Å²) in [6, 6.07) is 10.5. The standard InChI is InChI=1S/C15H22N3/c1-16(2)14(13-8-6-5-7-9-13)12-15-17(3)10-11-18(15)4/h5-9,12H,10-11H2,1-4H3/q+1. The minimum atomic E-state index is 1.10. The van der Waals surface area contributed by atoms with Gasteiger partial charge in [0.2, 0.25) is 0 Å². The molecule has 1 aliphatic rings. The maximum Gasteiger partial charge on any atom is 0.273 e. The molecule has 0 aromatic heterocycles. The molecule has 0 bridgehead atoms. The number of rotatable bonds is 3. The first kappa shape index (κ1) is 12.7. The zero-order chi connectivity index (χ0) is 13.1. The van der Waals surface area contributed by atoms with Gasteiger partial charge in [-0.3, -0.25) is 9.48 Å². The van der Waals surface area contributed by atoms with Crippen LogP contribution in [0.25, 0.3) is 5.70 Å². The third-order valence-electron chi connectivity index (χ3n) is 3.37. The van der Waals surface area contributed by atoms with E-state index >= 15 is 0 Å². The number of nitrogens with zero attached hydrogens (tertiary/aromatic N) is 3. The third-order valence-corrected chi connectivity index (χ3v) is 3.37. The van der Waals surface area contributed by atoms with Crippen molar-refractivity contribution in [2.45, 2.75) is 0 Å². The van der Waals surface area contributed by atoms with Gasteiger partial charge in [-0.05, 0) is 5.56 Å². The van der Waals surface area contributed by atoms with Crippen LogP contribution in [-0.4, -0.2) is 61.5 Å². The van der Waals surface area contributed by atoms with Crippen LogP contribution in [0.2, 0.25) is 0 Å². The third kappa shape index (κ3) is 2.55. The Morgan fingerprint density at radius 1 is 1.28 bits per heavy atom. The Balaban J connectivity index is 2.41. The number of amidine groups is 1. The van der Waals surface area contributed by atoms with Gasteiger partial charge in [-0.2, -0.15) is 0 Å². The quantitative estimate of drug-likeness (QED) is 0.747. The summed E-state index contributed by atoms with van der Waals surface area (Å²) in [5.41, 5.74) is 2.50. The Labute approximate surface area is 110 Å². The SMILES string of the molecule is CN1CC[N+](C)=C1/C=C(\c1ccccc1)N(C)C. The van der Waals surface area contributed by atoms with Gasteiger partial charge in [0.05, 0.1) is 25.9 Å². The number of likely N-dealkylation sites (N-methyl/N-ethyl adjacent to an activating group) is 2. The molecule has 2 rings (SSSR count). The Bertz CT molecular complexity index is 472. The molecule has 0 amide bonds. The zero-order valence-corrected chi connectivity index (χ0v) is 11.7. The van der Waals surface area contributed by atoms with Crippen LogP contribution in [0.3, 0.4) is 0 Å². The maximum atomic E-state index is 2.30. The van der Waals surface area contributed by atoms with Gasteiger partial charge in [0.25, 0.3) is 5.84 Å². The van der Waals surface area contributed by atoms with E-state index < -0.39 is 0 Å². The minimum Gasteiger partial charge on any atom is -0.377 e. The number of hydrogen-bond donors (Lipinski definition) is 0. The molecule has 0 spiro atoms. The summed E-state index contributed by atoms with van der Waals surface area (Å²) in [6.07, 6.45) is 2.27. The smallest absolute Gasteiger partial charge is 0.273 e. The van der Waals surface area contributed by atoms with Crippen LogP contribution in [0.15, 0.2) is 36.4 Å². The van der Waals surface area contributed by atoms with Crippen LogP contribution < -0.4 is 0 Å². The monoisotopic (exact) mass is 244 g/mol. The lowest BCUT2D eigenvalue weighted by atomic mass is 10.1. The Hall–Kier alpha value is -1.77. The van der Waals surface area contributed by atoms with Crippen LogP contribution in [0.1, 0.15) is 5.56 Å². The summed E-state index contributed by atoms with van der Waals surface area (Å²) >= 11 is 0. The van der Waals surface area contributed by atoms with Crippen molar-refractivity contribution in [2.24, 2.45) is 0 Å². The second-order valence-corrected chi connectivity index (χ2v) is 4.99. The van der Waals surface area contributed by atoms with Crippen molar-refractivity contribution in [2.75, 3.05) is 41.3 Å². The highest BCUT2D eigenvalue weighted by atomic mass is 15.3. The number of hydrogen-bond acceptors (Lipinski definition) is 2. The fraction of sp³-hybridized carbons (Fsp3) is 0.400. The van der Waals surface area contributed by atoms with Gasteiger partial charge in [0.1, 0.15) is 13.1 Å². The fourth-order valence-electron chi connectivity index (χ4n) is 2.24. The Morgan fingerprint density at radius 2 is 1.94 bits per heavy atom. The van der Waals surface area contributed by atoms with Gasteiger partial charge in [-0.15, -0.1) is 0 Å². The average molecular weight is 244 g/mol. The summed E-state index contributed by atoms with van der Waals surface area (Å²) in [4.78, 5) is 4.47. The molecule has 0 N–H and O–H groups in total. The van der Waals surface area contributed by atoms with Crippen molar-refractivity contribution >= 4 is 11.5 Å². The molecule has 0 atom stereocenters. The molecule has 3 nitrogen and oxygen atoms in total. The highest BCUT2D eigenvalue weighted by Gasteiger charge is 2.23. The van der Waals surface area contributed by atoms with Crippen molar-refractivity contribution in [3.63, 3.8) is 0 Å². The van der Waals surface area contributed by atoms with Crippen molar-refractivity contribution < 1.29 is 4.58 Å². The van der Waals surface area contributed by atoms with Crippen molar-refractivity contribution in [3.8, 4) is 0 Å².